The van der Waals surface area contributed by atoms with Crippen molar-refractivity contribution in [2.24, 2.45) is 0 Å². The van der Waals surface area contributed by atoms with Gasteiger partial charge < -0.3 is 19.5 Å². The first-order chi connectivity index (χ1) is 15.3. The van der Waals surface area contributed by atoms with Crippen LogP contribution in [0.5, 0.6) is 0 Å². The molecule has 0 aromatic heterocycles. The van der Waals surface area contributed by atoms with E-state index in [0.717, 1.165) is 25.2 Å². The van der Waals surface area contributed by atoms with Gasteiger partial charge in [0.25, 0.3) is 5.91 Å². The van der Waals surface area contributed by atoms with E-state index in [1.54, 1.807) is 30.3 Å². The minimum Gasteiger partial charge on any atom is -0.465 e. The van der Waals surface area contributed by atoms with E-state index in [0.29, 0.717) is 16.8 Å². The lowest BCUT2D eigenvalue weighted by Gasteiger charge is -2.35. The van der Waals surface area contributed by atoms with Crippen molar-refractivity contribution in [2.75, 3.05) is 32.1 Å². The van der Waals surface area contributed by atoms with Crippen LogP contribution < -0.4 is 5.32 Å². The zero-order chi connectivity index (χ0) is 23.1. The Hall–Kier alpha value is -3.23. The van der Waals surface area contributed by atoms with E-state index >= 15 is 0 Å². The smallest absolute Gasteiger partial charge is 0.338 e. The van der Waals surface area contributed by atoms with Crippen LogP contribution in [0.1, 0.15) is 40.1 Å². The highest BCUT2D eigenvalue weighted by molar-refractivity contribution is 5.97. The van der Waals surface area contributed by atoms with Gasteiger partial charge in [-0.1, -0.05) is 18.2 Å². The Morgan fingerprint density at radius 2 is 1.69 bits per heavy atom. The normalized spacial score (nSPS) is 18.6. The summed E-state index contributed by atoms with van der Waals surface area (Å²) in [4.78, 5) is 38.3. The maximum absolute atomic E-state index is 12.3. The molecule has 32 heavy (non-hydrogen) atoms. The number of amides is 1. The van der Waals surface area contributed by atoms with Gasteiger partial charge in [-0.2, -0.15) is 0 Å². The van der Waals surface area contributed by atoms with Crippen LogP contribution in [-0.2, 0) is 25.5 Å². The molecular weight excluding hydrogens is 412 g/mol. The number of carbonyl (C=O) groups excluding carboxylic acids is 3. The molecule has 1 N–H and O–H groups in total. The Morgan fingerprint density at radius 3 is 2.34 bits per heavy atom. The molecule has 0 saturated carbocycles. The van der Waals surface area contributed by atoms with E-state index in [9.17, 15) is 14.4 Å². The average molecular weight is 440 g/mol. The quantitative estimate of drug-likeness (QED) is 0.662. The third kappa shape index (κ3) is 6.63. The molecule has 1 aliphatic heterocycles. The van der Waals surface area contributed by atoms with Crippen molar-refractivity contribution in [3.63, 3.8) is 0 Å². The molecule has 0 spiro atoms. The van der Waals surface area contributed by atoms with Crippen LogP contribution in [-0.4, -0.2) is 61.8 Å². The second kappa shape index (κ2) is 10.9. The minimum atomic E-state index is -0.580. The summed E-state index contributed by atoms with van der Waals surface area (Å²) in [5.74, 6) is -1.59. The van der Waals surface area contributed by atoms with Gasteiger partial charge in [-0.25, -0.2) is 9.59 Å². The lowest BCUT2D eigenvalue weighted by Crippen LogP contribution is -2.44. The van der Waals surface area contributed by atoms with Crippen molar-refractivity contribution in [1.29, 1.82) is 0 Å². The summed E-state index contributed by atoms with van der Waals surface area (Å²) in [5.41, 5.74) is 2.18. The molecule has 1 aliphatic rings. The summed E-state index contributed by atoms with van der Waals surface area (Å²) in [5, 5.41) is 2.59. The molecule has 2 atom stereocenters. The van der Waals surface area contributed by atoms with Crippen molar-refractivity contribution < 1.29 is 28.6 Å². The molecule has 0 bridgehead atoms. The number of carbonyl (C=O) groups is 3. The maximum Gasteiger partial charge on any atom is 0.338 e. The largest absolute Gasteiger partial charge is 0.465 e. The Morgan fingerprint density at radius 1 is 1.00 bits per heavy atom. The Bertz CT molecular complexity index is 949. The van der Waals surface area contributed by atoms with Crippen LogP contribution >= 0.6 is 0 Å². The molecule has 0 aliphatic carbocycles. The van der Waals surface area contributed by atoms with Crippen molar-refractivity contribution in [3.8, 4) is 0 Å². The van der Waals surface area contributed by atoms with Gasteiger partial charge >= 0.3 is 11.9 Å². The van der Waals surface area contributed by atoms with Crippen LogP contribution in [0.4, 0.5) is 5.69 Å². The molecule has 2 aromatic rings. The number of esters is 2. The first-order valence-electron chi connectivity index (χ1n) is 10.5. The summed E-state index contributed by atoms with van der Waals surface area (Å²) < 4.78 is 15.5. The maximum atomic E-state index is 12.3. The lowest BCUT2D eigenvalue weighted by molar-refractivity contribution is -0.119. The predicted molar refractivity (Wildman–Crippen MR) is 118 cm³/mol. The van der Waals surface area contributed by atoms with Crippen LogP contribution in [0.3, 0.4) is 0 Å². The number of hydrogen-bond acceptors (Lipinski definition) is 7. The number of anilines is 1. The average Bonchev–Trinajstić information content (AvgIpc) is 2.77. The summed E-state index contributed by atoms with van der Waals surface area (Å²) in [6, 6.07) is 13.5. The second-order valence-electron chi connectivity index (χ2n) is 7.85. The number of morpholine rings is 1. The number of rotatable bonds is 7. The van der Waals surface area contributed by atoms with Crippen LogP contribution in [0.15, 0.2) is 48.5 Å². The van der Waals surface area contributed by atoms with E-state index in [1.165, 1.54) is 13.2 Å². The summed E-state index contributed by atoms with van der Waals surface area (Å²) in [6.45, 7) is 6.20. The standard InChI is InChI=1S/C24H28N2O6/c1-16-12-26(13-17(2)32-16)14-18-7-9-19(10-8-18)24(29)31-15-22(27)25-21-6-4-5-20(11-21)23(28)30-3/h4-11,16-17H,12-15H2,1-3H3,(H,25,27). The van der Waals surface area contributed by atoms with E-state index in [-0.39, 0.29) is 12.2 Å². The van der Waals surface area contributed by atoms with Gasteiger partial charge in [0.05, 0.1) is 30.4 Å². The fraction of sp³-hybridized carbons (Fsp3) is 0.375. The fourth-order valence-corrected chi connectivity index (χ4v) is 3.67. The van der Waals surface area contributed by atoms with Crippen molar-refractivity contribution >= 4 is 23.5 Å². The molecule has 8 heteroatoms. The van der Waals surface area contributed by atoms with E-state index in [4.69, 9.17) is 9.47 Å². The number of hydrogen-bond donors (Lipinski definition) is 1. The molecule has 8 nitrogen and oxygen atoms in total. The Labute approximate surface area is 187 Å². The summed E-state index contributed by atoms with van der Waals surface area (Å²) in [7, 11) is 1.28. The first-order valence-corrected chi connectivity index (χ1v) is 10.5. The number of ether oxygens (including phenoxy) is 3. The molecule has 3 rings (SSSR count). The van der Waals surface area contributed by atoms with Crippen LogP contribution in [0.2, 0.25) is 0 Å². The highest BCUT2D eigenvalue weighted by Gasteiger charge is 2.22. The molecule has 1 saturated heterocycles. The molecule has 1 fully saturated rings. The summed E-state index contributed by atoms with van der Waals surface area (Å²) in [6.07, 6.45) is 0.393. The molecule has 0 radical (unpaired) electrons. The SMILES string of the molecule is COC(=O)c1cccc(NC(=O)COC(=O)c2ccc(CN3CC(C)OC(C)C3)cc2)c1. The van der Waals surface area contributed by atoms with Gasteiger partial charge in [0.1, 0.15) is 0 Å². The van der Waals surface area contributed by atoms with Crippen LogP contribution in [0, 0.1) is 0 Å². The number of methoxy groups -OCH3 is 1. The van der Waals surface area contributed by atoms with Crippen molar-refractivity contribution in [3.05, 3.63) is 65.2 Å². The minimum absolute atomic E-state index is 0.196. The zero-order valence-electron chi connectivity index (χ0n) is 18.5. The number of benzene rings is 2. The van der Waals surface area contributed by atoms with E-state index in [2.05, 4.69) is 28.8 Å². The van der Waals surface area contributed by atoms with Gasteiger partial charge in [0, 0.05) is 25.3 Å². The zero-order valence-corrected chi connectivity index (χ0v) is 18.5. The highest BCUT2D eigenvalue weighted by Crippen LogP contribution is 2.15. The third-order valence-corrected chi connectivity index (χ3v) is 4.99. The van der Waals surface area contributed by atoms with E-state index < -0.39 is 24.5 Å². The topological polar surface area (TPSA) is 94.2 Å². The molecule has 170 valence electrons. The molecular formula is C24H28N2O6. The van der Waals surface area contributed by atoms with E-state index in [1.807, 2.05) is 12.1 Å². The number of nitrogens with zero attached hydrogens (tertiary/aromatic N) is 1. The molecule has 1 amide bonds. The monoisotopic (exact) mass is 440 g/mol. The highest BCUT2D eigenvalue weighted by atomic mass is 16.5. The second-order valence-corrected chi connectivity index (χ2v) is 7.85. The number of nitrogens with one attached hydrogen (secondary N) is 1. The van der Waals surface area contributed by atoms with Gasteiger partial charge in [0.15, 0.2) is 6.61 Å². The van der Waals surface area contributed by atoms with Crippen molar-refractivity contribution in [1.82, 2.24) is 4.90 Å². The first kappa shape index (κ1) is 23.4. The molecule has 1 heterocycles. The van der Waals surface area contributed by atoms with Crippen LogP contribution in [0.25, 0.3) is 0 Å². The third-order valence-electron chi connectivity index (χ3n) is 4.99. The van der Waals surface area contributed by atoms with Gasteiger partial charge in [-0.15, -0.1) is 0 Å². The van der Waals surface area contributed by atoms with Gasteiger partial charge in [0.2, 0.25) is 0 Å². The van der Waals surface area contributed by atoms with Gasteiger partial charge in [-0.3, -0.25) is 9.69 Å². The Balaban J connectivity index is 1.48. The van der Waals surface area contributed by atoms with Gasteiger partial charge in [-0.05, 0) is 49.7 Å². The lowest BCUT2D eigenvalue weighted by atomic mass is 10.1. The molecule has 2 aromatic carbocycles. The predicted octanol–water partition coefficient (Wildman–Crippen LogP) is 2.88. The fourth-order valence-electron chi connectivity index (χ4n) is 3.67. The Kier molecular flexibility index (Phi) is 7.97. The molecule has 2 unspecified atom stereocenters. The van der Waals surface area contributed by atoms with Crippen molar-refractivity contribution in [2.45, 2.75) is 32.6 Å². The summed E-state index contributed by atoms with van der Waals surface area (Å²) >= 11 is 0.